The third kappa shape index (κ3) is 4.93. The number of urea groups is 1. The van der Waals surface area contributed by atoms with Crippen molar-refractivity contribution in [2.45, 2.75) is 25.8 Å². The molecule has 3 aromatic rings. The normalized spacial score (nSPS) is 11.3. The van der Waals surface area contributed by atoms with E-state index in [9.17, 15) is 4.79 Å². The van der Waals surface area contributed by atoms with E-state index in [1.54, 1.807) is 18.1 Å². The Morgan fingerprint density at radius 1 is 1.14 bits per heavy atom. The predicted octanol–water partition coefficient (Wildman–Crippen LogP) is 4.64. The molecule has 0 saturated heterocycles. The van der Waals surface area contributed by atoms with E-state index in [0.29, 0.717) is 18.1 Å². The summed E-state index contributed by atoms with van der Waals surface area (Å²) in [4.78, 5) is 14.2. The number of amides is 2. The summed E-state index contributed by atoms with van der Waals surface area (Å²) in [5, 5.41) is 8.11. The van der Waals surface area contributed by atoms with Crippen LogP contribution in [-0.4, -0.2) is 34.3 Å². The van der Waals surface area contributed by atoms with Crippen molar-refractivity contribution < 1.29 is 4.79 Å². The lowest BCUT2D eigenvalue weighted by molar-refractivity contribution is 0.204. The summed E-state index contributed by atoms with van der Waals surface area (Å²) < 4.78 is 1.81. The number of nitrogens with zero attached hydrogens (tertiary/aromatic N) is 3. The zero-order chi connectivity index (χ0) is 20.1. The number of halogens is 1. The van der Waals surface area contributed by atoms with E-state index >= 15 is 0 Å². The quantitative estimate of drug-likeness (QED) is 0.659. The molecule has 0 spiro atoms. The van der Waals surface area contributed by atoms with E-state index in [2.05, 4.69) is 24.3 Å². The molecule has 2 amide bonds. The molecular formula is C22H25ClN4O. The molecule has 3 rings (SSSR count). The van der Waals surface area contributed by atoms with Gasteiger partial charge in [0, 0.05) is 35.8 Å². The Bertz CT molecular complexity index is 919. The van der Waals surface area contributed by atoms with Crippen LogP contribution in [0, 0.1) is 0 Å². The second-order valence-electron chi connectivity index (χ2n) is 7.53. The fraction of sp³-hybridized carbons (Fsp3) is 0.273. The van der Waals surface area contributed by atoms with Gasteiger partial charge in [0.25, 0.3) is 0 Å². The van der Waals surface area contributed by atoms with Gasteiger partial charge in [-0.1, -0.05) is 55.8 Å². The Morgan fingerprint density at radius 2 is 1.82 bits per heavy atom. The number of carbonyl (C=O) groups excluding carboxylic acids is 1. The SMILES string of the molecule is CN(Cc1cnn(-c2ccccc2)c1)C(=O)NCC(C)(C)c1ccc(Cl)cc1. The molecule has 1 heterocycles. The van der Waals surface area contributed by atoms with E-state index in [4.69, 9.17) is 11.6 Å². The summed E-state index contributed by atoms with van der Waals surface area (Å²) in [6, 6.07) is 17.5. The maximum Gasteiger partial charge on any atom is 0.317 e. The van der Waals surface area contributed by atoms with Crippen LogP contribution in [0.3, 0.4) is 0 Å². The summed E-state index contributed by atoms with van der Waals surface area (Å²) in [6.45, 7) is 5.21. The number of carbonyl (C=O) groups is 1. The smallest absolute Gasteiger partial charge is 0.317 e. The molecule has 0 atom stereocenters. The first-order valence-electron chi connectivity index (χ1n) is 9.19. The molecule has 28 heavy (non-hydrogen) atoms. The predicted molar refractivity (Wildman–Crippen MR) is 113 cm³/mol. The van der Waals surface area contributed by atoms with Gasteiger partial charge < -0.3 is 10.2 Å². The number of benzene rings is 2. The average Bonchev–Trinajstić information content (AvgIpc) is 3.15. The number of aromatic nitrogens is 2. The first-order chi connectivity index (χ1) is 13.3. The van der Waals surface area contributed by atoms with Crippen LogP contribution in [-0.2, 0) is 12.0 Å². The summed E-state index contributed by atoms with van der Waals surface area (Å²) >= 11 is 5.97. The maximum atomic E-state index is 12.5. The lowest BCUT2D eigenvalue weighted by Crippen LogP contribution is -2.42. The zero-order valence-corrected chi connectivity index (χ0v) is 17.1. The molecule has 0 bridgehead atoms. The molecule has 0 saturated carbocycles. The van der Waals surface area contributed by atoms with Gasteiger partial charge in [-0.2, -0.15) is 5.10 Å². The second-order valence-corrected chi connectivity index (χ2v) is 7.97. The summed E-state index contributed by atoms with van der Waals surface area (Å²) in [5.74, 6) is 0. The Labute approximate surface area is 170 Å². The van der Waals surface area contributed by atoms with Gasteiger partial charge in [0.2, 0.25) is 0 Å². The molecule has 0 aliphatic rings. The minimum absolute atomic E-state index is 0.116. The highest BCUT2D eigenvalue weighted by Crippen LogP contribution is 2.24. The summed E-state index contributed by atoms with van der Waals surface area (Å²) in [5.41, 5.74) is 2.90. The highest BCUT2D eigenvalue weighted by atomic mass is 35.5. The first-order valence-corrected chi connectivity index (χ1v) is 9.57. The van der Waals surface area contributed by atoms with Gasteiger partial charge in [-0.05, 0) is 29.8 Å². The Hall–Kier alpha value is -2.79. The van der Waals surface area contributed by atoms with Crippen LogP contribution in [0.15, 0.2) is 67.0 Å². The minimum Gasteiger partial charge on any atom is -0.337 e. The van der Waals surface area contributed by atoms with Gasteiger partial charge in [-0.15, -0.1) is 0 Å². The standard InChI is InChI=1S/C22H25ClN4O/c1-22(2,18-9-11-19(23)12-10-18)16-24-21(28)26(3)14-17-13-25-27(15-17)20-7-5-4-6-8-20/h4-13,15H,14,16H2,1-3H3,(H,24,28). The van der Waals surface area contributed by atoms with Crippen LogP contribution < -0.4 is 5.32 Å². The van der Waals surface area contributed by atoms with E-state index < -0.39 is 0 Å². The molecule has 5 nitrogen and oxygen atoms in total. The average molecular weight is 397 g/mol. The van der Waals surface area contributed by atoms with Crippen molar-refractivity contribution in [2.75, 3.05) is 13.6 Å². The van der Waals surface area contributed by atoms with E-state index in [-0.39, 0.29) is 11.4 Å². The number of rotatable bonds is 6. The molecule has 6 heteroatoms. The number of hydrogen-bond donors (Lipinski definition) is 1. The van der Waals surface area contributed by atoms with Gasteiger partial charge in [0.1, 0.15) is 0 Å². The highest BCUT2D eigenvalue weighted by Gasteiger charge is 2.22. The van der Waals surface area contributed by atoms with Crippen molar-refractivity contribution in [3.8, 4) is 5.69 Å². The van der Waals surface area contributed by atoms with Crippen molar-refractivity contribution in [3.63, 3.8) is 0 Å². The molecule has 0 radical (unpaired) electrons. The number of hydrogen-bond acceptors (Lipinski definition) is 2. The van der Waals surface area contributed by atoms with Crippen LogP contribution in [0.2, 0.25) is 5.02 Å². The Balaban J connectivity index is 1.56. The van der Waals surface area contributed by atoms with Crippen LogP contribution in [0.5, 0.6) is 0 Å². The fourth-order valence-corrected chi connectivity index (χ4v) is 3.07. The Kier molecular flexibility index (Phi) is 6.05. The molecular weight excluding hydrogens is 372 g/mol. The molecule has 0 aliphatic carbocycles. The Morgan fingerprint density at radius 3 is 2.50 bits per heavy atom. The van der Waals surface area contributed by atoms with Crippen LogP contribution >= 0.6 is 11.6 Å². The molecule has 1 N–H and O–H groups in total. The molecule has 146 valence electrons. The maximum absolute atomic E-state index is 12.5. The highest BCUT2D eigenvalue weighted by molar-refractivity contribution is 6.30. The monoisotopic (exact) mass is 396 g/mol. The number of nitrogens with one attached hydrogen (secondary N) is 1. The largest absolute Gasteiger partial charge is 0.337 e. The van der Waals surface area contributed by atoms with Crippen molar-refractivity contribution >= 4 is 17.6 Å². The topological polar surface area (TPSA) is 50.2 Å². The van der Waals surface area contributed by atoms with Crippen molar-refractivity contribution in [2.24, 2.45) is 0 Å². The third-order valence-corrected chi connectivity index (χ3v) is 4.98. The first kappa shape index (κ1) is 20.0. The molecule has 0 unspecified atom stereocenters. The second kappa shape index (κ2) is 8.48. The van der Waals surface area contributed by atoms with Crippen molar-refractivity contribution in [1.82, 2.24) is 20.0 Å². The van der Waals surface area contributed by atoms with Gasteiger partial charge in [-0.25, -0.2) is 9.48 Å². The van der Waals surface area contributed by atoms with Crippen molar-refractivity contribution in [3.05, 3.63) is 83.1 Å². The van der Waals surface area contributed by atoms with Crippen LogP contribution in [0.4, 0.5) is 4.79 Å². The van der Waals surface area contributed by atoms with Crippen molar-refractivity contribution in [1.29, 1.82) is 0 Å². The van der Waals surface area contributed by atoms with Gasteiger partial charge in [0.05, 0.1) is 18.4 Å². The van der Waals surface area contributed by atoms with Crippen LogP contribution in [0.25, 0.3) is 5.69 Å². The lowest BCUT2D eigenvalue weighted by atomic mass is 9.85. The van der Waals surface area contributed by atoms with E-state index in [1.165, 1.54) is 0 Å². The van der Waals surface area contributed by atoms with Gasteiger partial charge in [-0.3, -0.25) is 0 Å². The van der Waals surface area contributed by atoms with Gasteiger partial charge >= 0.3 is 6.03 Å². The molecule has 1 aromatic heterocycles. The minimum atomic E-state index is -0.195. The van der Waals surface area contributed by atoms with Crippen LogP contribution in [0.1, 0.15) is 25.0 Å². The van der Waals surface area contributed by atoms with Gasteiger partial charge in [0.15, 0.2) is 0 Å². The number of para-hydroxylation sites is 1. The summed E-state index contributed by atoms with van der Waals surface area (Å²) in [7, 11) is 1.78. The fourth-order valence-electron chi connectivity index (χ4n) is 2.94. The van der Waals surface area contributed by atoms with E-state index in [0.717, 1.165) is 16.8 Å². The van der Waals surface area contributed by atoms with E-state index in [1.807, 2.05) is 65.5 Å². The molecule has 0 fully saturated rings. The zero-order valence-electron chi connectivity index (χ0n) is 16.4. The molecule has 0 aliphatic heterocycles. The molecule has 2 aromatic carbocycles. The third-order valence-electron chi connectivity index (χ3n) is 4.73. The lowest BCUT2D eigenvalue weighted by Gasteiger charge is -2.27. The summed E-state index contributed by atoms with van der Waals surface area (Å²) in [6.07, 6.45) is 3.73.